The maximum atomic E-state index is 11.7. The Morgan fingerprint density at radius 3 is 2.50 bits per heavy atom. The summed E-state index contributed by atoms with van der Waals surface area (Å²) in [7, 11) is -0.800. The van der Waals surface area contributed by atoms with Gasteiger partial charge in [0.1, 0.15) is 5.78 Å². The van der Waals surface area contributed by atoms with Crippen molar-refractivity contribution in [3.8, 4) is 0 Å². The van der Waals surface area contributed by atoms with Crippen LogP contribution < -0.4 is 0 Å². The zero-order chi connectivity index (χ0) is 10.8. The Morgan fingerprint density at radius 2 is 2.07 bits per heavy atom. The molecule has 0 aromatic carbocycles. The monoisotopic (exact) mass is 216 g/mol. The van der Waals surface area contributed by atoms with Crippen LogP contribution in [-0.4, -0.2) is 20.5 Å². The highest BCUT2D eigenvalue weighted by Gasteiger charge is 2.26. The Balaban J connectivity index is 2.34. The molecule has 0 saturated heterocycles. The van der Waals surface area contributed by atoms with Crippen molar-refractivity contribution < 1.29 is 9.00 Å². The number of carbonyl (C=O) groups is 1. The van der Waals surface area contributed by atoms with Gasteiger partial charge in [-0.05, 0) is 40.0 Å². The molecular formula is C11H20O2S. The van der Waals surface area contributed by atoms with Gasteiger partial charge in [0, 0.05) is 33.6 Å². The first-order valence-corrected chi connectivity index (χ1v) is 6.64. The summed E-state index contributed by atoms with van der Waals surface area (Å²) < 4.78 is 11.6. The van der Waals surface area contributed by atoms with Crippen LogP contribution in [0.15, 0.2) is 0 Å². The van der Waals surface area contributed by atoms with E-state index in [0.717, 1.165) is 25.7 Å². The predicted molar refractivity (Wildman–Crippen MR) is 59.7 cm³/mol. The van der Waals surface area contributed by atoms with E-state index in [1.807, 2.05) is 20.8 Å². The van der Waals surface area contributed by atoms with Gasteiger partial charge in [0.15, 0.2) is 0 Å². The molecule has 1 aliphatic carbocycles. The Morgan fingerprint density at radius 1 is 1.43 bits per heavy atom. The predicted octanol–water partition coefficient (Wildman–Crippen LogP) is 2.29. The van der Waals surface area contributed by atoms with Crippen molar-refractivity contribution in [2.75, 3.05) is 5.75 Å². The van der Waals surface area contributed by atoms with Gasteiger partial charge in [0.05, 0.1) is 0 Å². The van der Waals surface area contributed by atoms with E-state index in [1.54, 1.807) is 0 Å². The summed E-state index contributed by atoms with van der Waals surface area (Å²) in [5.74, 6) is 1.28. The molecule has 0 bridgehead atoms. The molecule has 3 heteroatoms. The molecule has 82 valence electrons. The van der Waals surface area contributed by atoms with Crippen molar-refractivity contribution in [2.45, 2.75) is 51.2 Å². The summed E-state index contributed by atoms with van der Waals surface area (Å²) in [6.45, 7) is 5.96. The minimum absolute atomic E-state index is 0.137. The van der Waals surface area contributed by atoms with Crippen LogP contribution in [-0.2, 0) is 15.6 Å². The second-order valence-corrected chi connectivity index (χ2v) is 7.33. The molecular weight excluding hydrogens is 196 g/mol. The Bertz CT molecular complexity index is 240. The average Bonchev–Trinajstić information content (AvgIpc) is 2.45. The zero-order valence-corrected chi connectivity index (χ0v) is 10.2. The lowest BCUT2D eigenvalue weighted by molar-refractivity contribution is -0.120. The molecule has 2 unspecified atom stereocenters. The lowest BCUT2D eigenvalue weighted by Gasteiger charge is -2.18. The minimum Gasteiger partial charge on any atom is -0.299 e. The van der Waals surface area contributed by atoms with Crippen LogP contribution >= 0.6 is 0 Å². The van der Waals surface area contributed by atoms with E-state index >= 15 is 0 Å². The third-order valence-corrected chi connectivity index (χ3v) is 4.74. The highest BCUT2D eigenvalue weighted by Crippen LogP contribution is 2.25. The summed E-state index contributed by atoms with van der Waals surface area (Å²) in [4.78, 5) is 11.3. The van der Waals surface area contributed by atoms with E-state index in [2.05, 4.69) is 0 Å². The molecule has 0 aromatic rings. The van der Waals surface area contributed by atoms with Crippen molar-refractivity contribution in [3.63, 3.8) is 0 Å². The van der Waals surface area contributed by atoms with Crippen molar-refractivity contribution in [1.29, 1.82) is 0 Å². The minimum atomic E-state index is -0.800. The molecule has 1 rings (SSSR count). The summed E-state index contributed by atoms with van der Waals surface area (Å²) in [5, 5.41) is 0. The van der Waals surface area contributed by atoms with Gasteiger partial charge in [0.25, 0.3) is 0 Å². The molecule has 1 aliphatic rings. The molecule has 0 heterocycles. The lowest BCUT2D eigenvalue weighted by Crippen LogP contribution is -2.25. The van der Waals surface area contributed by atoms with Gasteiger partial charge in [-0.15, -0.1) is 0 Å². The van der Waals surface area contributed by atoms with Gasteiger partial charge in [-0.25, -0.2) is 0 Å². The number of ketones is 1. The SMILES string of the molecule is CC(C)(C)S(=O)CCC1CCCC1=O. The van der Waals surface area contributed by atoms with E-state index in [1.165, 1.54) is 0 Å². The Kier molecular flexibility index (Phi) is 3.87. The average molecular weight is 216 g/mol. The van der Waals surface area contributed by atoms with Gasteiger partial charge >= 0.3 is 0 Å². The third-order valence-electron chi connectivity index (χ3n) is 2.77. The molecule has 2 atom stereocenters. The number of carbonyl (C=O) groups excluding carboxylic acids is 1. The van der Waals surface area contributed by atoms with Crippen LogP contribution in [0.1, 0.15) is 46.5 Å². The Hall–Kier alpha value is -0.180. The fraction of sp³-hybridized carbons (Fsp3) is 0.909. The molecule has 14 heavy (non-hydrogen) atoms. The van der Waals surface area contributed by atoms with Crippen LogP contribution in [0.4, 0.5) is 0 Å². The van der Waals surface area contributed by atoms with Crippen molar-refractivity contribution in [3.05, 3.63) is 0 Å². The fourth-order valence-electron chi connectivity index (χ4n) is 1.75. The summed E-state index contributed by atoms with van der Waals surface area (Å²) in [5.41, 5.74) is 0. The van der Waals surface area contributed by atoms with Gasteiger partial charge in [-0.3, -0.25) is 9.00 Å². The van der Waals surface area contributed by atoms with Crippen LogP contribution in [0.25, 0.3) is 0 Å². The topological polar surface area (TPSA) is 34.1 Å². The number of Topliss-reactive ketones (excluding diaryl/α,β-unsaturated/α-hetero) is 1. The summed E-state index contributed by atoms with van der Waals surface area (Å²) in [6.07, 6.45) is 3.61. The molecule has 0 spiro atoms. The van der Waals surface area contributed by atoms with E-state index in [4.69, 9.17) is 0 Å². The molecule has 0 N–H and O–H groups in total. The van der Waals surface area contributed by atoms with Crippen molar-refractivity contribution >= 4 is 16.6 Å². The fourth-order valence-corrected chi connectivity index (χ4v) is 2.86. The molecule has 0 amide bonds. The number of hydrogen-bond acceptors (Lipinski definition) is 2. The van der Waals surface area contributed by atoms with Crippen LogP contribution in [0.3, 0.4) is 0 Å². The van der Waals surface area contributed by atoms with E-state index in [-0.39, 0.29) is 10.7 Å². The van der Waals surface area contributed by atoms with E-state index < -0.39 is 10.8 Å². The standard InChI is InChI=1S/C11H20O2S/c1-11(2,3)14(13)8-7-9-5-4-6-10(9)12/h9H,4-8H2,1-3H3. The highest BCUT2D eigenvalue weighted by atomic mass is 32.2. The van der Waals surface area contributed by atoms with Gasteiger partial charge in [-0.1, -0.05) is 0 Å². The van der Waals surface area contributed by atoms with Gasteiger partial charge in [0.2, 0.25) is 0 Å². The Labute approximate surface area is 88.9 Å². The highest BCUT2D eigenvalue weighted by molar-refractivity contribution is 7.86. The largest absolute Gasteiger partial charge is 0.299 e. The molecule has 0 aromatic heterocycles. The quantitative estimate of drug-likeness (QED) is 0.725. The van der Waals surface area contributed by atoms with Crippen molar-refractivity contribution in [1.82, 2.24) is 0 Å². The second-order valence-electron chi connectivity index (χ2n) is 5.01. The lowest BCUT2D eigenvalue weighted by atomic mass is 10.1. The normalized spacial score (nSPS) is 25.4. The number of hydrogen-bond donors (Lipinski definition) is 0. The first-order chi connectivity index (χ1) is 6.41. The maximum absolute atomic E-state index is 11.7. The van der Waals surface area contributed by atoms with E-state index in [0.29, 0.717) is 11.5 Å². The molecule has 0 aliphatic heterocycles. The first-order valence-electron chi connectivity index (χ1n) is 5.32. The van der Waals surface area contributed by atoms with Gasteiger partial charge in [-0.2, -0.15) is 0 Å². The summed E-state index contributed by atoms with van der Waals surface area (Å²) >= 11 is 0. The maximum Gasteiger partial charge on any atom is 0.136 e. The van der Waals surface area contributed by atoms with Crippen molar-refractivity contribution in [2.24, 2.45) is 5.92 Å². The van der Waals surface area contributed by atoms with E-state index in [9.17, 15) is 9.00 Å². The molecule has 1 saturated carbocycles. The van der Waals surface area contributed by atoms with Crippen LogP contribution in [0, 0.1) is 5.92 Å². The molecule has 0 radical (unpaired) electrons. The second kappa shape index (κ2) is 4.56. The first kappa shape index (κ1) is 11.9. The van der Waals surface area contributed by atoms with Gasteiger partial charge < -0.3 is 0 Å². The third kappa shape index (κ3) is 3.19. The number of rotatable bonds is 3. The summed E-state index contributed by atoms with van der Waals surface area (Å²) in [6, 6.07) is 0. The zero-order valence-electron chi connectivity index (χ0n) is 9.34. The van der Waals surface area contributed by atoms with Crippen LogP contribution in [0.5, 0.6) is 0 Å². The molecule has 2 nitrogen and oxygen atoms in total. The molecule has 1 fully saturated rings. The smallest absolute Gasteiger partial charge is 0.136 e. The van der Waals surface area contributed by atoms with Crippen LogP contribution in [0.2, 0.25) is 0 Å².